The van der Waals surface area contributed by atoms with Gasteiger partial charge in [0.1, 0.15) is 0 Å². The molecule has 0 spiro atoms. The van der Waals surface area contributed by atoms with Crippen LogP contribution in [0, 0.1) is 0 Å². The van der Waals surface area contributed by atoms with E-state index < -0.39 is 0 Å². The van der Waals surface area contributed by atoms with Crippen molar-refractivity contribution in [3.63, 3.8) is 0 Å². The van der Waals surface area contributed by atoms with E-state index in [1.54, 1.807) is 14.2 Å². The standard InChI is InChI=1S/C15H21ClO2S/c1-15(6-4-7-16)12-10-14(18-3)13(17-2)9-11(12)5-8-19-15/h9-10H,4-8H2,1-3H3. The second-order valence-corrected chi connectivity index (χ2v) is 6.96. The molecule has 0 amide bonds. The Balaban J connectivity index is 2.42. The van der Waals surface area contributed by atoms with Gasteiger partial charge in [-0.2, -0.15) is 11.8 Å². The topological polar surface area (TPSA) is 18.5 Å². The van der Waals surface area contributed by atoms with Gasteiger partial charge in [0.05, 0.1) is 14.2 Å². The van der Waals surface area contributed by atoms with E-state index in [4.69, 9.17) is 21.1 Å². The number of alkyl halides is 1. The molecule has 0 saturated heterocycles. The molecule has 1 unspecified atom stereocenters. The van der Waals surface area contributed by atoms with Crippen molar-refractivity contribution in [1.82, 2.24) is 0 Å². The molecule has 1 aliphatic rings. The molecule has 4 heteroatoms. The molecule has 0 radical (unpaired) electrons. The SMILES string of the molecule is COc1cc2c(cc1OC)C(C)(CCCCl)SCC2. The minimum Gasteiger partial charge on any atom is -0.493 e. The number of rotatable bonds is 5. The molecule has 1 atom stereocenters. The van der Waals surface area contributed by atoms with Crippen LogP contribution in [0.5, 0.6) is 11.5 Å². The number of aryl methyl sites for hydroxylation is 1. The number of fused-ring (bicyclic) bond motifs is 1. The normalized spacial score (nSPS) is 21.9. The Labute approximate surface area is 124 Å². The van der Waals surface area contributed by atoms with E-state index in [2.05, 4.69) is 19.1 Å². The Kier molecular flexibility index (Phi) is 4.91. The predicted octanol–water partition coefficient (Wildman–Crippen LogP) is 4.23. The molecule has 0 saturated carbocycles. The molecule has 0 aromatic heterocycles. The van der Waals surface area contributed by atoms with E-state index in [0.717, 1.165) is 42.4 Å². The first kappa shape index (κ1) is 14.9. The summed E-state index contributed by atoms with van der Waals surface area (Å²) in [7, 11) is 3.38. The first-order valence-corrected chi connectivity index (χ1v) is 8.12. The molecule has 1 aromatic rings. The van der Waals surface area contributed by atoms with Crippen molar-refractivity contribution in [1.29, 1.82) is 0 Å². The van der Waals surface area contributed by atoms with Crippen molar-refractivity contribution in [2.75, 3.05) is 25.9 Å². The third-order valence-electron chi connectivity index (χ3n) is 3.76. The van der Waals surface area contributed by atoms with Crippen LogP contribution in [-0.4, -0.2) is 25.9 Å². The van der Waals surface area contributed by atoms with Crippen LogP contribution in [0.3, 0.4) is 0 Å². The summed E-state index contributed by atoms with van der Waals surface area (Å²) < 4.78 is 11.0. The molecule has 0 bridgehead atoms. The maximum atomic E-state index is 5.86. The highest BCUT2D eigenvalue weighted by atomic mass is 35.5. The maximum absolute atomic E-state index is 5.86. The fraction of sp³-hybridized carbons (Fsp3) is 0.600. The molecule has 0 N–H and O–H groups in total. The molecular formula is C15H21ClO2S. The van der Waals surface area contributed by atoms with Gasteiger partial charge in [0.2, 0.25) is 0 Å². The second-order valence-electron chi connectivity index (χ2n) is 4.99. The first-order chi connectivity index (χ1) is 9.14. The van der Waals surface area contributed by atoms with Crippen molar-refractivity contribution in [3.8, 4) is 11.5 Å². The third kappa shape index (κ3) is 2.97. The van der Waals surface area contributed by atoms with Crippen LogP contribution in [0.15, 0.2) is 12.1 Å². The van der Waals surface area contributed by atoms with Crippen LogP contribution < -0.4 is 9.47 Å². The van der Waals surface area contributed by atoms with Crippen LogP contribution in [0.2, 0.25) is 0 Å². The summed E-state index contributed by atoms with van der Waals surface area (Å²) in [4.78, 5) is 0. The summed E-state index contributed by atoms with van der Waals surface area (Å²) in [5, 5.41) is 0. The number of methoxy groups -OCH3 is 2. The minimum absolute atomic E-state index is 0.141. The smallest absolute Gasteiger partial charge is 0.161 e. The van der Waals surface area contributed by atoms with Gasteiger partial charge in [-0.1, -0.05) is 0 Å². The maximum Gasteiger partial charge on any atom is 0.161 e. The minimum atomic E-state index is 0.141. The van der Waals surface area contributed by atoms with Gasteiger partial charge in [0.25, 0.3) is 0 Å². The Morgan fingerprint density at radius 3 is 2.58 bits per heavy atom. The van der Waals surface area contributed by atoms with Crippen LogP contribution in [0.1, 0.15) is 30.9 Å². The summed E-state index contributed by atoms with van der Waals surface area (Å²) in [6.07, 6.45) is 3.24. The molecular weight excluding hydrogens is 280 g/mol. The number of hydrogen-bond acceptors (Lipinski definition) is 3. The molecule has 19 heavy (non-hydrogen) atoms. The highest BCUT2D eigenvalue weighted by Crippen LogP contribution is 2.48. The van der Waals surface area contributed by atoms with Gasteiger partial charge >= 0.3 is 0 Å². The molecule has 2 nitrogen and oxygen atoms in total. The van der Waals surface area contributed by atoms with Crippen molar-refractivity contribution < 1.29 is 9.47 Å². The lowest BCUT2D eigenvalue weighted by atomic mass is 9.89. The quantitative estimate of drug-likeness (QED) is 0.758. The highest BCUT2D eigenvalue weighted by molar-refractivity contribution is 8.00. The Morgan fingerprint density at radius 1 is 1.26 bits per heavy atom. The van der Waals surface area contributed by atoms with Gasteiger partial charge in [0, 0.05) is 10.6 Å². The lowest BCUT2D eigenvalue weighted by Gasteiger charge is -2.36. The Bertz CT molecular complexity index is 450. The van der Waals surface area contributed by atoms with Crippen molar-refractivity contribution in [2.45, 2.75) is 30.9 Å². The van der Waals surface area contributed by atoms with Crippen molar-refractivity contribution in [2.24, 2.45) is 0 Å². The largest absolute Gasteiger partial charge is 0.493 e. The average molecular weight is 301 g/mol. The summed E-state index contributed by atoms with van der Waals surface area (Å²) in [5.41, 5.74) is 2.76. The number of hydrogen-bond donors (Lipinski definition) is 0. The molecule has 2 rings (SSSR count). The van der Waals surface area contributed by atoms with Gasteiger partial charge in [-0.3, -0.25) is 0 Å². The average Bonchev–Trinajstić information content (AvgIpc) is 2.44. The Morgan fingerprint density at radius 2 is 1.95 bits per heavy atom. The van der Waals surface area contributed by atoms with Gasteiger partial charge in [-0.05, 0) is 55.2 Å². The van der Waals surface area contributed by atoms with E-state index in [1.807, 2.05) is 11.8 Å². The first-order valence-electron chi connectivity index (χ1n) is 6.60. The summed E-state index contributed by atoms with van der Waals surface area (Å²) in [5.74, 6) is 3.52. The zero-order valence-electron chi connectivity index (χ0n) is 11.8. The number of ether oxygens (including phenoxy) is 2. The zero-order valence-corrected chi connectivity index (χ0v) is 13.4. The van der Waals surface area contributed by atoms with E-state index in [1.165, 1.54) is 11.1 Å². The van der Waals surface area contributed by atoms with Gasteiger partial charge in [-0.15, -0.1) is 11.6 Å². The number of thioether (sulfide) groups is 1. The monoisotopic (exact) mass is 300 g/mol. The molecule has 1 heterocycles. The highest BCUT2D eigenvalue weighted by Gasteiger charge is 2.33. The third-order valence-corrected chi connectivity index (χ3v) is 5.50. The lowest BCUT2D eigenvalue weighted by Crippen LogP contribution is -2.25. The van der Waals surface area contributed by atoms with Crippen LogP contribution in [0.4, 0.5) is 0 Å². The van der Waals surface area contributed by atoms with Crippen molar-refractivity contribution in [3.05, 3.63) is 23.3 Å². The number of benzene rings is 1. The molecule has 0 fully saturated rings. The Hall–Kier alpha value is -0.540. The second kappa shape index (κ2) is 6.27. The fourth-order valence-electron chi connectivity index (χ4n) is 2.70. The lowest BCUT2D eigenvalue weighted by molar-refractivity contribution is 0.353. The van der Waals surface area contributed by atoms with Gasteiger partial charge in [-0.25, -0.2) is 0 Å². The molecule has 1 aromatic carbocycles. The molecule has 0 aliphatic carbocycles. The fourth-order valence-corrected chi connectivity index (χ4v) is 4.24. The molecule has 1 aliphatic heterocycles. The van der Waals surface area contributed by atoms with E-state index in [9.17, 15) is 0 Å². The summed E-state index contributed by atoms with van der Waals surface area (Å²) >= 11 is 7.89. The zero-order chi connectivity index (χ0) is 13.9. The van der Waals surface area contributed by atoms with Crippen LogP contribution in [0.25, 0.3) is 0 Å². The summed E-state index contributed by atoms with van der Waals surface area (Å²) in [6.45, 7) is 2.31. The van der Waals surface area contributed by atoms with Crippen LogP contribution in [-0.2, 0) is 11.2 Å². The van der Waals surface area contributed by atoms with E-state index in [0.29, 0.717) is 0 Å². The predicted molar refractivity (Wildman–Crippen MR) is 83.0 cm³/mol. The van der Waals surface area contributed by atoms with Crippen molar-refractivity contribution >= 4 is 23.4 Å². The van der Waals surface area contributed by atoms with Gasteiger partial charge in [0.15, 0.2) is 11.5 Å². The van der Waals surface area contributed by atoms with Crippen LogP contribution >= 0.6 is 23.4 Å². The van der Waals surface area contributed by atoms with E-state index in [-0.39, 0.29) is 4.75 Å². The van der Waals surface area contributed by atoms with E-state index >= 15 is 0 Å². The summed E-state index contributed by atoms with van der Waals surface area (Å²) in [6, 6.07) is 4.28. The van der Waals surface area contributed by atoms with Gasteiger partial charge < -0.3 is 9.47 Å². The molecule has 106 valence electrons. The number of halogens is 1.